The zero-order valence-corrected chi connectivity index (χ0v) is 19.0. The highest BCUT2D eigenvalue weighted by Gasteiger charge is 2.30. The van der Waals surface area contributed by atoms with Crippen LogP contribution in [0.5, 0.6) is 5.75 Å². The summed E-state index contributed by atoms with van der Waals surface area (Å²) in [5.41, 5.74) is 15.4. The molecule has 1 saturated heterocycles. The fourth-order valence-electron chi connectivity index (χ4n) is 4.09. The molecule has 1 aliphatic rings. The summed E-state index contributed by atoms with van der Waals surface area (Å²) in [7, 11) is 1.58. The van der Waals surface area contributed by atoms with Crippen molar-refractivity contribution in [3.63, 3.8) is 0 Å². The van der Waals surface area contributed by atoms with Gasteiger partial charge in [-0.25, -0.2) is 9.48 Å². The van der Waals surface area contributed by atoms with Gasteiger partial charge < -0.3 is 25.8 Å². The highest BCUT2D eigenvalue weighted by atomic mass is 16.6. The zero-order valence-electron chi connectivity index (χ0n) is 19.0. The monoisotopic (exact) mass is 438 g/mol. The number of piperidine rings is 1. The number of pyridine rings is 1. The van der Waals surface area contributed by atoms with Crippen LogP contribution in [0.1, 0.15) is 45.2 Å². The third-order valence-corrected chi connectivity index (χ3v) is 5.64. The first-order valence-corrected chi connectivity index (χ1v) is 10.7. The number of hydrogen-bond acceptors (Lipinski definition) is 7. The number of fused-ring (bicyclic) bond motifs is 1. The number of methoxy groups -OCH3 is 1. The standard InChI is InChI=1S/C23H30N6O3/c1-23(2,3)32-22(30)28-9-7-14(8-10-28)20-16-12-26-13-18(25)21(16)29(27-20)15-5-6-17(24)19(11-15)31-4/h5-6,11-14H,7-10,24-25H2,1-4H3. The molecular formula is C23H30N6O3. The molecule has 0 saturated carbocycles. The van der Waals surface area contributed by atoms with Crippen LogP contribution in [0.4, 0.5) is 16.2 Å². The molecule has 1 amide bonds. The van der Waals surface area contributed by atoms with Crippen molar-refractivity contribution >= 4 is 28.4 Å². The van der Waals surface area contributed by atoms with Gasteiger partial charge in [0.15, 0.2) is 0 Å². The van der Waals surface area contributed by atoms with Crippen LogP contribution in [0.25, 0.3) is 16.6 Å². The van der Waals surface area contributed by atoms with Crippen LogP contribution in [0.3, 0.4) is 0 Å². The Labute approximate surface area is 187 Å². The van der Waals surface area contributed by atoms with Crippen molar-refractivity contribution in [3.05, 3.63) is 36.3 Å². The number of hydrogen-bond donors (Lipinski definition) is 2. The number of rotatable bonds is 3. The van der Waals surface area contributed by atoms with E-state index in [1.165, 1.54) is 0 Å². The predicted molar refractivity (Wildman–Crippen MR) is 124 cm³/mol. The number of likely N-dealkylation sites (tertiary alicyclic amines) is 1. The Morgan fingerprint density at radius 2 is 1.84 bits per heavy atom. The number of nitrogens with two attached hydrogens (primary N) is 2. The number of ether oxygens (including phenoxy) is 2. The van der Waals surface area contributed by atoms with E-state index in [-0.39, 0.29) is 12.0 Å². The molecule has 9 nitrogen and oxygen atoms in total. The van der Waals surface area contributed by atoms with Gasteiger partial charge in [-0.1, -0.05) is 0 Å². The molecular weight excluding hydrogens is 408 g/mol. The lowest BCUT2D eigenvalue weighted by Crippen LogP contribution is -2.41. The molecule has 0 radical (unpaired) electrons. The molecule has 0 bridgehead atoms. The average Bonchev–Trinajstić information content (AvgIpc) is 3.14. The van der Waals surface area contributed by atoms with Gasteiger partial charge in [0.2, 0.25) is 0 Å². The van der Waals surface area contributed by atoms with Gasteiger partial charge in [-0.15, -0.1) is 0 Å². The van der Waals surface area contributed by atoms with Gasteiger partial charge in [0.25, 0.3) is 0 Å². The summed E-state index contributed by atoms with van der Waals surface area (Å²) < 4.78 is 12.7. The lowest BCUT2D eigenvalue weighted by Gasteiger charge is -2.33. The minimum Gasteiger partial charge on any atom is -0.495 e. The van der Waals surface area contributed by atoms with E-state index in [0.29, 0.717) is 30.2 Å². The third kappa shape index (κ3) is 4.15. The number of benzene rings is 1. The lowest BCUT2D eigenvalue weighted by molar-refractivity contribution is 0.0204. The van der Waals surface area contributed by atoms with E-state index in [0.717, 1.165) is 35.1 Å². The molecule has 0 atom stereocenters. The molecule has 1 aromatic carbocycles. The number of nitrogens with zero attached hydrogens (tertiary/aromatic N) is 4. The van der Waals surface area contributed by atoms with Gasteiger partial charge in [-0.05, 0) is 45.7 Å². The van der Waals surface area contributed by atoms with Crippen LogP contribution in [0.15, 0.2) is 30.6 Å². The molecule has 1 fully saturated rings. The molecule has 170 valence electrons. The number of carbonyl (C=O) groups is 1. The number of aromatic nitrogens is 3. The van der Waals surface area contributed by atoms with Crippen LogP contribution >= 0.6 is 0 Å². The van der Waals surface area contributed by atoms with Crippen molar-refractivity contribution in [1.29, 1.82) is 0 Å². The maximum absolute atomic E-state index is 12.4. The van der Waals surface area contributed by atoms with Crippen molar-refractivity contribution in [2.45, 2.75) is 45.1 Å². The van der Waals surface area contributed by atoms with E-state index < -0.39 is 5.60 Å². The average molecular weight is 439 g/mol. The lowest BCUT2D eigenvalue weighted by atomic mass is 9.92. The van der Waals surface area contributed by atoms with Gasteiger partial charge in [-0.3, -0.25) is 4.98 Å². The quantitative estimate of drug-likeness (QED) is 0.598. The second-order valence-electron chi connectivity index (χ2n) is 9.09. The number of nitrogen functional groups attached to an aromatic ring is 2. The summed E-state index contributed by atoms with van der Waals surface area (Å²) in [6.07, 6.45) is 4.73. The minimum absolute atomic E-state index is 0.178. The first kappa shape index (κ1) is 21.7. The molecule has 3 aromatic rings. The van der Waals surface area contributed by atoms with E-state index in [1.54, 1.807) is 30.5 Å². The van der Waals surface area contributed by atoms with Gasteiger partial charge in [0, 0.05) is 36.7 Å². The SMILES string of the molecule is COc1cc(-n2nc(C3CCN(C(=O)OC(C)(C)C)CC3)c3cncc(N)c32)ccc1N. The summed E-state index contributed by atoms with van der Waals surface area (Å²) in [5.74, 6) is 0.753. The summed E-state index contributed by atoms with van der Waals surface area (Å²) in [4.78, 5) is 18.5. The van der Waals surface area contributed by atoms with Crippen molar-refractivity contribution in [3.8, 4) is 11.4 Å². The molecule has 0 spiro atoms. The molecule has 0 aliphatic carbocycles. The fraction of sp³-hybridized carbons (Fsp3) is 0.435. The maximum atomic E-state index is 12.4. The molecule has 1 aliphatic heterocycles. The Hall–Kier alpha value is -3.49. The van der Waals surface area contributed by atoms with E-state index in [4.69, 9.17) is 26.0 Å². The number of amides is 1. The largest absolute Gasteiger partial charge is 0.495 e. The van der Waals surface area contributed by atoms with Crippen LogP contribution in [-0.2, 0) is 4.74 Å². The van der Waals surface area contributed by atoms with Crippen LogP contribution in [-0.4, -0.2) is 51.6 Å². The molecule has 32 heavy (non-hydrogen) atoms. The highest BCUT2D eigenvalue weighted by molar-refractivity contribution is 5.92. The van der Waals surface area contributed by atoms with Crippen LogP contribution in [0, 0.1) is 0 Å². The molecule has 3 heterocycles. The maximum Gasteiger partial charge on any atom is 0.410 e. The van der Waals surface area contributed by atoms with E-state index in [9.17, 15) is 4.79 Å². The van der Waals surface area contributed by atoms with Crippen LogP contribution < -0.4 is 16.2 Å². The van der Waals surface area contributed by atoms with Gasteiger partial charge >= 0.3 is 6.09 Å². The van der Waals surface area contributed by atoms with E-state index in [1.807, 2.05) is 37.6 Å². The summed E-state index contributed by atoms with van der Waals surface area (Å²) in [6.45, 7) is 6.85. The summed E-state index contributed by atoms with van der Waals surface area (Å²) in [6, 6.07) is 5.52. The first-order valence-electron chi connectivity index (χ1n) is 10.7. The first-order chi connectivity index (χ1) is 15.2. The topological polar surface area (TPSA) is 122 Å². The second kappa shape index (κ2) is 8.22. The third-order valence-electron chi connectivity index (χ3n) is 5.64. The van der Waals surface area contributed by atoms with Gasteiger partial charge in [0.05, 0.1) is 36.1 Å². The molecule has 9 heteroatoms. The van der Waals surface area contributed by atoms with Crippen molar-refractivity contribution in [1.82, 2.24) is 19.7 Å². The van der Waals surface area contributed by atoms with E-state index in [2.05, 4.69) is 4.98 Å². The van der Waals surface area contributed by atoms with Crippen molar-refractivity contribution in [2.24, 2.45) is 0 Å². The fourth-order valence-corrected chi connectivity index (χ4v) is 4.09. The normalized spacial score (nSPS) is 15.2. The van der Waals surface area contributed by atoms with E-state index >= 15 is 0 Å². The minimum atomic E-state index is -0.508. The molecule has 4 rings (SSSR count). The van der Waals surface area contributed by atoms with Crippen molar-refractivity contribution < 1.29 is 14.3 Å². The highest BCUT2D eigenvalue weighted by Crippen LogP contribution is 2.36. The molecule has 2 aromatic heterocycles. The van der Waals surface area contributed by atoms with Crippen LogP contribution in [0.2, 0.25) is 0 Å². The van der Waals surface area contributed by atoms with Gasteiger partial charge in [-0.2, -0.15) is 5.10 Å². The Bertz CT molecular complexity index is 1140. The summed E-state index contributed by atoms with van der Waals surface area (Å²) in [5, 5.41) is 5.86. The smallest absolute Gasteiger partial charge is 0.410 e. The Balaban J connectivity index is 1.65. The molecule has 4 N–H and O–H groups in total. The Kier molecular flexibility index (Phi) is 5.58. The molecule has 0 unspecified atom stereocenters. The Morgan fingerprint density at radius 3 is 2.50 bits per heavy atom. The van der Waals surface area contributed by atoms with Crippen molar-refractivity contribution in [2.75, 3.05) is 31.7 Å². The zero-order chi connectivity index (χ0) is 23.0. The number of anilines is 2. The Morgan fingerprint density at radius 1 is 1.12 bits per heavy atom. The number of carbonyl (C=O) groups excluding carboxylic acids is 1. The predicted octanol–water partition coefficient (Wildman–Crippen LogP) is 3.71. The van der Waals surface area contributed by atoms with Gasteiger partial charge in [0.1, 0.15) is 16.9 Å². The second-order valence-corrected chi connectivity index (χ2v) is 9.09. The summed E-state index contributed by atoms with van der Waals surface area (Å²) >= 11 is 0.